The van der Waals surface area contributed by atoms with Crippen molar-refractivity contribution in [2.24, 2.45) is 5.92 Å². The van der Waals surface area contributed by atoms with Gasteiger partial charge < -0.3 is 9.67 Å². The fraction of sp³-hybridized carbons (Fsp3) is 0.417. The fourth-order valence-electron chi connectivity index (χ4n) is 4.57. The highest BCUT2D eigenvalue weighted by Gasteiger charge is 2.17. The van der Waals surface area contributed by atoms with Crippen molar-refractivity contribution in [3.8, 4) is 11.4 Å². The molecule has 1 saturated carbocycles. The number of aliphatic carboxylic acids is 1. The van der Waals surface area contributed by atoms with Crippen LogP contribution in [-0.2, 0) is 11.3 Å². The Labute approximate surface area is 185 Å². The molecule has 0 radical (unpaired) electrons. The van der Waals surface area contributed by atoms with Gasteiger partial charge in [-0.3, -0.25) is 14.8 Å². The summed E-state index contributed by atoms with van der Waals surface area (Å²) in [4.78, 5) is 44.5. The van der Waals surface area contributed by atoms with E-state index >= 15 is 0 Å². The number of hydrogen-bond acceptors (Lipinski definition) is 4. The van der Waals surface area contributed by atoms with Gasteiger partial charge in [-0.05, 0) is 24.0 Å². The number of hydrogen-bond donors (Lipinski definition) is 3. The van der Waals surface area contributed by atoms with E-state index < -0.39 is 17.2 Å². The zero-order chi connectivity index (χ0) is 22.5. The highest BCUT2D eigenvalue weighted by Crippen LogP contribution is 2.28. The Kier molecular flexibility index (Phi) is 6.68. The topological polar surface area (TPSA) is 121 Å². The number of nitrogens with zero attached hydrogens (tertiary/aromatic N) is 2. The Balaban J connectivity index is 1.59. The maximum absolute atomic E-state index is 12.3. The third kappa shape index (κ3) is 5.07. The lowest BCUT2D eigenvalue weighted by Gasteiger charge is -2.21. The van der Waals surface area contributed by atoms with Gasteiger partial charge in [-0.25, -0.2) is 14.6 Å². The van der Waals surface area contributed by atoms with Crippen molar-refractivity contribution >= 4 is 23.2 Å². The Morgan fingerprint density at radius 1 is 1.09 bits per heavy atom. The van der Waals surface area contributed by atoms with E-state index in [9.17, 15) is 14.4 Å². The number of fused-ring (bicyclic) bond motifs is 1. The number of H-pyrrole nitrogens is 2. The molecule has 1 aromatic carbocycles. The smallest absolute Gasteiger partial charge is 0.328 e. The lowest BCUT2D eigenvalue weighted by atomic mass is 9.86. The van der Waals surface area contributed by atoms with Gasteiger partial charge in [-0.15, -0.1) is 0 Å². The lowest BCUT2D eigenvalue weighted by molar-refractivity contribution is -0.131. The number of imidazole rings is 1. The Morgan fingerprint density at radius 2 is 1.84 bits per heavy atom. The van der Waals surface area contributed by atoms with Crippen LogP contribution in [0.25, 0.3) is 28.6 Å². The molecule has 0 amide bonds. The van der Waals surface area contributed by atoms with E-state index in [-0.39, 0.29) is 5.52 Å². The second kappa shape index (κ2) is 9.80. The molecule has 2 aromatic heterocycles. The molecule has 8 heteroatoms. The lowest BCUT2D eigenvalue weighted by Crippen LogP contribution is -2.22. The van der Waals surface area contributed by atoms with Crippen molar-refractivity contribution in [1.82, 2.24) is 19.5 Å². The molecule has 2 heterocycles. The molecule has 0 saturated heterocycles. The molecule has 1 aliphatic carbocycles. The van der Waals surface area contributed by atoms with Gasteiger partial charge >= 0.3 is 11.7 Å². The first kappa shape index (κ1) is 21.8. The van der Waals surface area contributed by atoms with Crippen LogP contribution in [0, 0.1) is 5.92 Å². The zero-order valence-corrected chi connectivity index (χ0v) is 18.0. The molecule has 32 heavy (non-hydrogen) atoms. The van der Waals surface area contributed by atoms with Crippen molar-refractivity contribution in [1.29, 1.82) is 0 Å². The average molecular weight is 437 g/mol. The van der Waals surface area contributed by atoms with Crippen LogP contribution in [0.15, 0.2) is 39.9 Å². The van der Waals surface area contributed by atoms with E-state index in [0.29, 0.717) is 18.0 Å². The summed E-state index contributed by atoms with van der Waals surface area (Å²) in [7, 11) is 0. The standard InChI is InChI=1S/C24H28N4O4/c29-19(30)14-11-17-9-12-18(13-10-17)21-25-20-22(26-24(32)27-23(20)31)28(21)15-5-4-8-16-6-2-1-3-7-16/h9-14,16H,1-8,15H2,(H,29,30)(H2,26,27,31,32)/b14-11+. The molecule has 1 aliphatic rings. The summed E-state index contributed by atoms with van der Waals surface area (Å²) < 4.78 is 1.91. The number of unbranched alkanes of at least 4 members (excludes halogenated alkanes) is 1. The summed E-state index contributed by atoms with van der Waals surface area (Å²) in [6.07, 6.45) is 12.5. The fourth-order valence-corrected chi connectivity index (χ4v) is 4.57. The molecule has 0 atom stereocenters. The molecule has 0 aliphatic heterocycles. The van der Waals surface area contributed by atoms with Crippen LogP contribution in [-0.4, -0.2) is 30.6 Å². The van der Waals surface area contributed by atoms with Gasteiger partial charge in [-0.2, -0.15) is 0 Å². The monoisotopic (exact) mass is 436 g/mol. The normalized spacial score (nSPS) is 15.0. The molecule has 8 nitrogen and oxygen atoms in total. The number of rotatable bonds is 8. The predicted octanol–water partition coefficient (Wildman–Crippen LogP) is 3.93. The van der Waals surface area contributed by atoms with E-state index in [0.717, 1.165) is 36.0 Å². The number of aromatic amines is 2. The first-order valence-corrected chi connectivity index (χ1v) is 11.3. The largest absolute Gasteiger partial charge is 0.478 e. The molecular weight excluding hydrogens is 408 g/mol. The van der Waals surface area contributed by atoms with Crippen LogP contribution < -0.4 is 11.2 Å². The molecule has 1 fully saturated rings. The third-order valence-electron chi connectivity index (χ3n) is 6.20. The van der Waals surface area contributed by atoms with Gasteiger partial charge in [0.25, 0.3) is 5.56 Å². The zero-order valence-electron chi connectivity index (χ0n) is 18.0. The van der Waals surface area contributed by atoms with Crippen LogP contribution in [0.5, 0.6) is 0 Å². The Hall–Kier alpha value is -3.42. The highest BCUT2D eigenvalue weighted by molar-refractivity contribution is 5.85. The Bertz CT molecular complexity index is 1230. The van der Waals surface area contributed by atoms with E-state index in [2.05, 4.69) is 15.0 Å². The minimum Gasteiger partial charge on any atom is -0.478 e. The molecule has 3 aromatic rings. The van der Waals surface area contributed by atoms with Crippen LogP contribution >= 0.6 is 0 Å². The van der Waals surface area contributed by atoms with Crippen molar-refractivity contribution in [2.45, 2.75) is 57.9 Å². The number of nitrogens with one attached hydrogen (secondary N) is 2. The molecule has 0 bridgehead atoms. The van der Waals surface area contributed by atoms with Crippen LogP contribution in [0.4, 0.5) is 0 Å². The number of carboxylic acid groups (broad SMARTS) is 1. The van der Waals surface area contributed by atoms with Crippen LogP contribution in [0.3, 0.4) is 0 Å². The van der Waals surface area contributed by atoms with Gasteiger partial charge in [0.2, 0.25) is 0 Å². The molecule has 0 unspecified atom stereocenters. The second-order valence-corrected chi connectivity index (χ2v) is 8.49. The van der Waals surface area contributed by atoms with Crippen molar-refractivity contribution in [2.75, 3.05) is 0 Å². The first-order chi connectivity index (χ1) is 15.5. The summed E-state index contributed by atoms with van der Waals surface area (Å²) in [6, 6.07) is 7.28. The third-order valence-corrected chi connectivity index (χ3v) is 6.20. The van der Waals surface area contributed by atoms with Gasteiger partial charge in [0.15, 0.2) is 5.52 Å². The van der Waals surface area contributed by atoms with E-state index in [1.807, 2.05) is 16.7 Å². The maximum atomic E-state index is 12.3. The van der Waals surface area contributed by atoms with Gasteiger partial charge in [0.1, 0.15) is 11.5 Å². The number of carbonyl (C=O) groups is 1. The summed E-state index contributed by atoms with van der Waals surface area (Å²) in [6.45, 7) is 0.651. The predicted molar refractivity (Wildman–Crippen MR) is 124 cm³/mol. The van der Waals surface area contributed by atoms with Crippen molar-refractivity contribution in [3.05, 3.63) is 56.7 Å². The molecule has 168 valence electrons. The maximum Gasteiger partial charge on any atom is 0.328 e. The minimum absolute atomic E-state index is 0.210. The molecule has 4 rings (SSSR count). The molecule has 3 N–H and O–H groups in total. The number of carboxylic acids is 1. The van der Waals surface area contributed by atoms with Gasteiger partial charge in [0, 0.05) is 18.2 Å². The Morgan fingerprint density at radius 3 is 2.56 bits per heavy atom. The quantitative estimate of drug-likeness (QED) is 0.365. The van der Waals surface area contributed by atoms with Crippen molar-refractivity contribution in [3.63, 3.8) is 0 Å². The molecule has 0 spiro atoms. The first-order valence-electron chi connectivity index (χ1n) is 11.3. The number of aromatic nitrogens is 4. The summed E-state index contributed by atoms with van der Waals surface area (Å²) in [5, 5.41) is 8.80. The van der Waals surface area contributed by atoms with Gasteiger partial charge in [0.05, 0.1) is 0 Å². The van der Waals surface area contributed by atoms with E-state index in [1.165, 1.54) is 44.6 Å². The summed E-state index contributed by atoms with van der Waals surface area (Å²) >= 11 is 0. The minimum atomic E-state index is -1.01. The highest BCUT2D eigenvalue weighted by atomic mass is 16.4. The van der Waals surface area contributed by atoms with Crippen LogP contribution in [0.2, 0.25) is 0 Å². The van der Waals surface area contributed by atoms with E-state index in [1.54, 1.807) is 12.1 Å². The van der Waals surface area contributed by atoms with E-state index in [4.69, 9.17) is 5.11 Å². The SMILES string of the molecule is O=C(O)/C=C/c1ccc(-c2nc3c(=O)[nH]c(=O)[nH]c3n2CCCCC2CCCCC2)cc1. The summed E-state index contributed by atoms with van der Waals surface area (Å²) in [5.41, 5.74) is 1.13. The summed E-state index contributed by atoms with van der Waals surface area (Å²) in [5.74, 6) is 0.419. The molecular formula is C24H28N4O4. The number of aryl methyl sites for hydroxylation is 1. The van der Waals surface area contributed by atoms with Crippen molar-refractivity contribution < 1.29 is 9.90 Å². The average Bonchev–Trinajstić information content (AvgIpc) is 3.15. The van der Waals surface area contributed by atoms with Crippen LogP contribution in [0.1, 0.15) is 56.9 Å². The number of benzene rings is 1. The van der Waals surface area contributed by atoms with Gasteiger partial charge in [-0.1, -0.05) is 69.2 Å². The second-order valence-electron chi connectivity index (χ2n) is 8.49.